The fourth-order valence-corrected chi connectivity index (χ4v) is 4.00. The number of hydrogen-bond donors (Lipinski definition) is 1. The Morgan fingerprint density at radius 1 is 1.00 bits per heavy atom. The van der Waals surface area contributed by atoms with Crippen molar-refractivity contribution in [1.29, 1.82) is 0 Å². The van der Waals surface area contributed by atoms with Gasteiger partial charge in [-0.3, -0.25) is 4.98 Å². The number of pyridine rings is 3. The van der Waals surface area contributed by atoms with E-state index in [1.165, 1.54) is 5.56 Å². The summed E-state index contributed by atoms with van der Waals surface area (Å²) in [5.41, 5.74) is 11.1. The Kier molecular flexibility index (Phi) is 5.50. The lowest BCUT2D eigenvalue weighted by Gasteiger charge is -2.36. The van der Waals surface area contributed by atoms with Crippen molar-refractivity contribution in [2.24, 2.45) is 0 Å². The summed E-state index contributed by atoms with van der Waals surface area (Å²) in [6, 6.07) is 11.7. The summed E-state index contributed by atoms with van der Waals surface area (Å²) in [5, 5.41) is -0.00348. The first-order chi connectivity index (χ1) is 15.1. The van der Waals surface area contributed by atoms with E-state index in [0.29, 0.717) is 17.3 Å². The molecule has 8 heteroatoms. The van der Waals surface area contributed by atoms with Crippen molar-refractivity contribution < 1.29 is 4.53 Å². The number of nitrogens with two attached hydrogens (primary N) is 1. The van der Waals surface area contributed by atoms with Gasteiger partial charge in [-0.1, -0.05) is 33.8 Å². The summed E-state index contributed by atoms with van der Waals surface area (Å²) < 4.78 is 8.47. The molecule has 4 rings (SSSR count). The van der Waals surface area contributed by atoms with Crippen molar-refractivity contribution >= 4 is 25.3 Å². The topological polar surface area (TPSA) is 91.7 Å². The SMILES string of the molecule is CCc1ccc(-c2ccc3nc(-c4cccnc4N)n(O[Si](C)(C)C(C)(C)C)c3n2)nc1. The van der Waals surface area contributed by atoms with Crippen LogP contribution in [0.1, 0.15) is 33.3 Å². The van der Waals surface area contributed by atoms with Gasteiger partial charge < -0.3 is 10.3 Å². The lowest BCUT2D eigenvalue weighted by molar-refractivity contribution is 0.264. The van der Waals surface area contributed by atoms with Gasteiger partial charge in [-0.25, -0.2) is 15.0 Å². The van der Waals surface area contributed by atoms with E-state index in [2.05, 4.69) is 56.8 Å². The molecule has 0 fully saturated rings. The molecule has 0 bridgehead atoms. The molecule has 0 unspecified atom stereocenters. The molecule has 0 aliphatic heterocycles. The Bertz CT molecular complexity index is 1260. The number of hydrogen-bond acceptors (Lipinski definition) is 6. The highest BCUT2D eigenvalue weighted by atomic mass is 28.4. The third kappa shape index (κ3) is 3.98. The van der Waals surface area contributed by atoms with Crippen LogP contribution < -0.4 is 10.3 Å². The number of rotatable bonds is 5. The van der Waals surface area contributed by atoms with Crippen molar-refractivity contribution in [3.05, 3.63) is 54.4 Å². The van der Waals surface area contributed by atoms with Crippen molar-refractivity contribution in [1.82, 2.24) is 24.7 Å². The fourth-order valence-electron chi connectivity index (χ4n) is 3.09. The molecule has 32 heavy (non-hydrogen) atoms. The lowest BCUT2D eigenvalue weighted by atomic mass is 10.2. The third-order valence-electron chi connectivity index (χ3n) is 6.17. The smallest absolute Gasteiger partial charge is 0.284 e. The Morgan fingerprint density at radius 2 is 1.75 bits per heavy atom. The van der Waals surface area contributed by atoms with E-state index in [4.69, 9.17) is 20.2 Å². The van der Waals surface area contributed by atoms with Gasteiger partial charge >= 0.3 is 0 Å². The summed E-state index contributed by atoms with van der Waals surface area (Å²) in [7, 11) is -2.21. The van der Waals surface area contributed by atoms with Gasteiger partial charge in [0.25, 0.3) is 8.32 Å². The van der Waals surface area contributed by atoms with Crippen LogP contribution in [-0.4, -0.2) is 33.0 Å². The van der Waals surface area contributed by atoms with Gasteiger partial charge in [0.1, 0.15) is 11.3 Å². The average Bonchev–Trinajstić information content (AvgIpc) is 3.10. The van der Waals surface area contributed by atoms with Crippen molar-refractivity contribution in [2.75, 3.05) is 5.73 Å². The maximum Gasteiger partial charge on any atom is 0.284 e. The van der Waals surface area contributed by atoms with Gasteiger partial charge in [0.05, 0.1) is 17.0 Å². The van der Waals surface area contributed by atoms with Crippen molar-refractivity contribution in [3.8, 4) is 22.8 Å². The van der Waals surface area contributed by atoms with E-state index in [-0.39, 0.29) is 5.04 Å². The summed E-state index contributed by atoms with van der Waals surface area (Å²) in [6.45, 7) is 13.1. The molecule has 4 aromatic heterocycles. The van der Waals surface area contributed by atoms with Crippen molar-refractivity contribution in [3.63, 3.8) is 0 Å². The van der Waals surface area contributed by atoms with Crippen LogP contribution in [-0.2, 0) is 6.42 Å². The van der Waals surface area contributed by atoms with Gasteiger partial charge in [0.2, 0.25) is 0 Å². The fraction of sp³-hybridized carbons (Fsp3) is 0.333. The maximum atomic E-state index is 6.71. The molecular weight excluding hydrogens is 416 g/mol. The predicted octanol–water partition coefficient (Wildman–Crippen LogP) is 5.13. The first-order valence-electron chi connectivity index (χ1n) is 10.9. The minimum absolute atomic E-state index is 0.00348. The zero-order valence-corrected chi connectivity index (χ0v) is 20.5. The van der Waals surface area contributed by atoms with E-state index in [1.807, 2.05) is 36.5 Å². The number of anilines is 1. The second-order valence-electron chi connectivity index (χ2n) is 9.46. The molecular formula is C24H30N6OSi. The molecule has 0 radical (unpaired) electrons. The minimum Gasteiger partial charge on any atom is -0.466 e. The second kappa shape index (κ2) is 8.02. The molecule has 0 atom stereocenters. The van der Waals surface area contributed by atoms with Gasteiger partial charge in [-0.2, -0.15) is 4.73 Å². The van der Waals surface area contributed by atoms with Crippen LogP contribution in [0, 0.1) is 0 Å². The monoisotopic (exact) mass is 446 g/mol. The van der Waals surface area contributed by atoms with Gasteiger partial charge in [0.15, 0.2) is 11.5 Å². The molecule has 0 amide bonds. The largest absolute Gasteiger partial charge is 0.466 e. The zero-order valence-electron chi connectivity index (χ0n) is 19.5. The molecule has 0 saturated carbocycles. The number of nitrogens with zero attached hydrogens (tertiary/aromatic N) is 5. The summed E-state index contributed by atoms with van der Waals surface area (Å²) in [5.74, 6) is 1.01. The molecule has 0 aliphatic rings. The highest BCUT2D eigenvalue weighted by molar-refractivity contribution is 6.74. The Morgan fingerprint density at radius 3 is 2.38 bits per heavy atom. The number of fused-ring (bicyclic) bond motifs is 1. The maximum absolute atomic E-state index is 6.71. The normalized spacial score (nSPS) is 12.3. The Hall–Kier alpha value is -3.26. The van der Waals surface area contributed by atoms with E-state index in [1.54, 1.807) is 10.9 Å². The van der Waals surface area contributed by atoms with E-state index in [9.17, 15) is 0 Å². The van der Waals surface area contributed by atoms with Gasteiger partial charge in [-0.15, -0.1) is 0 Å². The average molecular weight is 447 g/mol. The van der Waals surface area contributed by atoms with E-state index in [0.717, 1.165) is 28.9 Å². The van der Waals surface area contributed by atoms with Crippen LogP contribution in [0.3, 0.4) is 0 Å². The first kappa shape index (κ1) is 21.9. The molecule has 0 spiro atoms. The van der Waals surface area contributed by atoms with Crippen LogP contribution in [0.15, 0.2) is 48.8 Å². The molecule has 166 valence electrons. The van der Waals surface area contributed by atoms with Crippen LogP contribution in [0.5, 0.6) is 0 Å². The first-order valence-corrected chi connectivity index (χ1v) is 13.8. The van der Waals surface area contributed by atoms with Crippen LogP contribution >= 0.6 is 0 Å². The van der Waals surface area contributed by atoms with Gasteiger partial charge in [-0.05, 0) is 60.4 Å². The molecule has 4 heterocycles. The van der Waals surface area contributed by atoms with Crippen LogP contribution in [0.25, 0.3) is 33.9 Å². The quantitative estimate of drug-likeness (QED) is 0.427. The summed E-state index contributed by atoms with van der Waals surface area (Å²) in [6.07, 6.45) is 4.51. The van der Waals surface area contributed by atoms with Crippen LogP contribution in [0.4, 0.5) is 5.82 Å². The molecule has 4 aromatic rings. The second-order valence-corrected chi connectivity index (χ2v) is 14.2. The zero-order chi connectivity index (χ0) is 23.1. The molecule has 0 saturated heterocycles. The highest BCUT2D eigenvalue weighted by Gasteiger charge is 2.41. The standard InChI is InChI=1S/C24H30N6OSi/c1-7-16-10-11-18(27-15-16)19-12-13-20-23(28-19)30(31-32(5,6)24(2,3)4)22(29-20)17-9-8-14-26-21(17)25/h8-15H,7H2,1-6H3,(H2,25,26). The Balaban J connectivity index is 1.92. The number of aromatic nitrogens is 5. The predicted molar refractivity (Wildman–Crippen MR) is 132 cm³/mol. The van der Waals surface area contributed by atoms with Gasteiger partial charge in [0, 0.05) is 12.4 Å². The van der Waals surface area contributed by atoms with E-state index < -0.39 is 8.32 Å². The highest BCUT2D eigenvalue weighted by Crippen LogP contribution is 2.37. The lowest BCUT2D eigenvalue weighted by Crippen LogP contribution is -2.48. The number of nitrogen functional groups attached to an aromatic ring is 1. The van der Waals surface area contributed by atoms with Crippen molar-refractivity contribution in [2.45, 2.75) is 52.2 Å². The van der Waals surface area contributed by atoms with E-state index >= 15 is 0 Å². The third-order valence-corrected chi connectivity index (χ3v) is 10.4. The molecule has 2 N–H and O–H groups in total. The molecule has 0 aromatic carbocycles. The molecule has 0 aliphatic carbocycles. The summed E-state index contributed by atoms with van der Waals surface area (Å²) in [4.78, 5) is 18.6. The minimum atomic E-state index is -2.21. The number of aryl methyl sites for hydroxylation is 1. The Labute approximate surface area is 189 Å². The summed E-state index contributed by atoms with van der Waals surface area (Å²) >= 11 is 0. The van der Waals surface area contributed by atoms with Crippen LogP contribution in [0.2, 0.25) is 18.1 Å². The molecule has 7 nitrogen and oxygen atoms in total. The number of imidazole rings is 1.